The van der Waals surface area contributed by atoms with E-state index in [4.69, 9.17) is 25.5 Å². The summed E-state index contributed by atoms with van der Waals surface area (Å²) in [5, 5.41) is 3.56. The van der Waals surface area contributed by atoms with Crippen LogP contribution in [0.15, 0.2) is 34.7 Å². The number of hydrogen-bond acceptors (Lipinski definition) is 5. The van der Waals surface area contributed by atoms with E-state index in [9.17, 15) is 14.0 Å². The number of esters is 1. The molecule has 0 aliphatic rings. The van der Waals surface area contributed by atoms with Gasteiger partial charge in [0.05, 0.1) is 12.8 Å². The van der Waals surface area contributed by atoms with E-state index in [2.05, 4.69) is 5.32 Å². The van der Waals surface area contributed by atoms with Crippen molar-refractivity contribution in [1.82, 2.24) is 0 Å². The fourth-order valence-electron chi connectivity index (χ4n) is 2.72. The molecular weight excluding hydrogens is 389 g/mol. The van der Waals surface area contributed by atoms with Crippen molar-refractivity contribution in [2.75, 3.05) is 19.0 Å². The molecule has 2 aromatic carbocycles. The maximum absolute atomic E-state index is 13.8. The van der Waals surface area contributed by atoms with E-state index < -0.39 is 24.3 Å². The second kappa shape index (κ2) is 7.90. The summed E-state index contributed by atoms with van der Waals surface area (Å²) in [7, 11) is 1.44. The van der Waals surface area contributed by atoms with Gasteiger partial charge in [0.15, 0.2) is 18.0 Å². The van der Waals surface area contributed by atoms with Crippen molar-refractivity contribution >= 4 is 40.1 Å². The molecule has 1 aromatic heterocycles. The van der Waals surface area contributed by atoms with Crippen LogP contribution in [0.5, 0.6) is 5.75 Å². The number of anilines is 1. The molecule has 1 heterocycles. The Hall–Kier alpha value is -3.06. The third-order valence-electron chi connectivity index (χ3n) is 4.19. The van der Waals surface area contributed by atoms with Crippen molar-refractivity contribution in [3.8, 4) is 5.75 Å². The number of para-hydroxylation sites is 1. The Morgan fingerprint density at radius 2 is 2.00 bits per heavy atom. The monoisotopic (exact) mass is 405 g/mol. The van der Waals surface area contributed by atoms with E-state index in [0.29, 0.717) is 27.4 Å². The van der Waals surface area contributed by atoms with Crippen LogP contribution in [0.3, 0.4) is 0 Å². The highest BCUT2D eigenvalue weighted by molar-refractivity contribution is 6.31. The van der Waals surface area contributed by atoms with E-state index in [1.807, 2.05) is 0 Å². The van der Waals surface area contributed by atoms with E-state index in [0.717, 1.165) is 5.56 Å². The fraction of sp³-hybridized carbons (Fsp3) is 0.200. The number of nitrogens with one attached hydrogen (secondary N) is 1. The van der Waals surface area contributed by atoms with Crippen molar-refractivity contribution < 1.29 is 27.9 Å². The third-order valence-corrected chi connectivity index (χ3v) is 4.60. The smallest absolute Gasteiger partial charge is 0.375 e. The van der Waals surface area contributed by atoms with Crippen molar-refractivity contribution in [2.45, 2.75) is 13.8 Å². The lowest BCUT2D eigenvalue weighted by molar-refractivity contribution is -0.119. The largest absolute Gasteiger partial charge is 0.495 e. The average Bonchev–Trinajstić information content (AvgIpc) is 3.01. The molecule has 0 bridgehead atoms. The Morgan fingerprint density at radius 1 is 1.25 bits per heavy atom. The first kappa shape index (κ1) is 19.7. The summed E-state index contributed by atoms with van der Waals surface area (Å²) in [4.78, 5) is 24.4. The molecule has 0 aliphatic heterocycles. The van der Waals surface area contributed by atoms with E-state index in [1.165, 1.54) is 19.2 Å². The first-order valence-electron chi connectivity index (χ1n) is 8.30. The molecule has 6 nitrogen and oxygen atoms in total. The lowest BCUT2D eigenvalue weighted by Crippen LogP contribution is -2.21. The zero-order valence-corrected chi connectivity index (χ0v) is 16.1. The molecule has 0 spiro atoms. The molecule has 0 fully saturated rings. The Morgan fingerprint density at radius 3 is 2.68 bits per heavy atom. The predicted octanol–water partition coefficient (Wildman–Crippen LogP) is 4.65. The van der Waals surface area contributed by atoms with Crippen molar-refractivity contribution in [1.29, 1.82) is 0 Å². The van der Waals surface area contributed by atoms with E-state index in [1.54, 1.807) is 32.0 Å². The minimum absolute atomic E-state index is 0.0298. The molecule has 1 N–H and O–H groups in total. The van der Waals surface area contributed by atoms with Crippen LogP contribution < -0.4 is 10.1 Å². The molecule has 0 unspecified atom stereocenters. The second-order valence-electron chi connectivity index (χ2n) is 6.10. The first-order chi connectivity index (χ1) is 13.3. The Kier molecular flexibility index (Phi) is 5.56. The van der Waals surface area contributed by atoms with Gasteiger partial charge in [-0.15, -0.1) is 0 Å². The van der Waals surface area contributed by atoms with Gasteiger partial charge in [-0.05, 0) is 31.5 Å². The Bertz CT molecular complexity index is 1080. The molecule has 1 amide bonds. The summed E-state index contributed by atoms with van der Waals surface area (Å²) in [5.41, 5.74) is 1.55. The SMILES string of the molecule is COc1cc(Cl)c(C)cc1NC(=O)COC(=O)c1oc2c(F)cccc2c1C. The molecule has 0 saturated carbocycles. The van der Waals surface area contributed by atoms with Gasteiger partial charge in [-0.3, -0.25) is 4.79 Å². The minimum Gasteiger partial charge on any atom is -0.495 e. The van der Waals surface area contributed by atoms with Crippen LogP contribution in [0.4, 0.5) is 10.1 Å². The molecule has 3 rings (SSSR count). The number of ether oxygens (including phenoxy) is 2. The minimum atomic E-state index is -0.859. The fourth-order valence-corrected chi connectivity index (χ4v) is 2.87. The highest BCUT2D eigenvalue weighted by atomic mass is 35.5. The van der Waals surface area contributed by atoms with E-state index in [-0.39, 0.29) is 11.3 Å². The molecule has 146 valence electrons. The summed E-state index contributed by atoms with van der Waals surface area (Å²) in [6.45, 7) is 2.84. The van der Waals surface area contributed by atoms with Crippen LogP contribution >= 0.6 is 11.6 Å². The number of amides is 1. The third kappa shape index (κ3) is 3.80. The summed E-state index contributed by atoms with van der Waals surface area (Å²) >= 11 is 6.03. The zero-order chi connectivity index (χ0) is 20.4. The van der Waals surface area contributed by atoms with Crippen LogP contribution in [-0.2, 0) is 9.53 Å². The average molecular weight is 406 g/mol. The number of methoxy groups -OCH3 is 1. The standard InChI is InChI=1S/C20H17ClFNO5/c1-10-7-15(16(26-3)8-13(10)21)23-17(24)9-27-20(25)18-11(2)12-5-4-6-14(22)19(12)28-18/h4-8H,9H2,1-3H3,(H,23,24). The number of benzene rings is 2. The highest BCUT2D eigenvalue weighted by Gasteiger charge is 2.22. The van der Waals surface area contributed by atoms with Gasteiger partial charge in [0.2, 0.25) is 5.76 Å². The second-order valence-corrected chi connectivity index (χ2v) is 6.51. The van der Waals surface area contributed by atoms with Gasteiger partial charge >= 0.3 is 5.97 Å². The van der Waals surface area contributed by atoms with Crippen LogP contribution in [-0.4, -0.2) is 25.6 Å². The summed E-state index contributed by atoms with van der Waals surface area (Å²) in [6.07, 6.45) is 0. The van der Waals surface area contributed by atoms with Crippen molar-refractivity contribution in [2.24, 2.45) is 0 Å². The predicted molar refractivity (Wildman–Crippen MR) is 103 cm³/mol. The molecule has 0 aliphatic carbocycles. The summed E-state index contributed by atoms with van der Waals surface area (Å²) in [6, 6.07) is 7.60. The molecule has 0 saturated heterocycles. The number of rotatable bonds is 5. The normalized spacial score (nSPS) is 10.8. The quantitative estimate of drug-likeness (QED) is 0.625. The van der Waals surface area contributed by atoms with Gasteiger partial charge in [0.1, 0.15) is 5.75 Å². The Balaban J connectivity index is 1.70. The topological polar surface area (TPSA) is 77.8 Å². The molecule has 8 heteroatoms. The van der Waals surface area contributed by atoms with Crippen LogP contribution in [0, 0.1) is 19.7 Å². The van der Waals surface area contributed by atoms with Gasteiger partial charge < -0.3 is 19.2 Å². The zero-order valence-electron chi connectivity index (χ0n) is 15.4. The van der Waals surface area contributed by atoms with Gasteiger partial charge in [0.25, 0.3) is 5.91 Å². The molecule has 28 heavy (non-hydrogen) atoms. The van der Waals surface area contributed by atoms with Crippen molar-refractivity contribution in [3.63, 3.8) is 0 Å². The summed E-state index contributed by atoms with van der Waals surface area (Å²) in [5.74, 6) is -1.79. The van der Waals surface area contributed by atoms with Crippen molar-refractivity contribution in [3.05, 3.63) is 58.1 Å². The van der Waals surface area contributed by atoms with Gasteiger partial charge in [-0.25, -0.2) is 9.18 Å². The Labute approximate surface area is 165 Å². The maximum Gasteiger partial charge on any atom is 0.375 e. The number of carbonyl (C=O) groups excluding carboxylic acids is 2. The highest BCUT2D eigenvalue weighted by Crippen LogP contribution is 2.31. The number of aryl methyl sites for hydroxylation is 2. The van der Waals surface area contributed by atoms with Gasteiger partial charge in [0, 0.05) is 22.0 Å². The lowest BCUT2D eigenvalue weighted by Gasteiger charge is -2.12. The lowest BCUT2D eigenvalue weighted by atomic mass is 10.1. The van der Waals surface area contributed by atoms with Gasteiger partial charge in [-0.1, -0.05) is 23.7 Å². The molecule has 3 aromatic rings. The molecular formula is C20H17ClFNO5. The van der Waals surface area contributed by atoms with E-state index >= 15 is 0 Å². The molecule has 0 radical (unpaired) electrons. The number of furan rings is 1. The molecule has 0 atom stereocenters. The number of fused-ring (bicyclic) bond motifs is 1. The summed E-state index contributed by atoms with van der Waals surface area (Å²) < 4.78 is 29.3. The number of halogens is 2. The van der Waals surface area contributed by atoms with Gasteiger partial charge in [-0.2, -0.15) is 0 Å². The number of carbonyl (C=O) groups is 2. The maximum atomic E-state index is 13.8. The number of hydrogen-bond donors (Lipinski definition) is 1. The van der Waals surface area contributed by atoms with Crippen LogP contribution in [0.25, 0.3) is 11.0 Å². The van der Waals surface area contributed by atoms with Crippen LogP contribution in [0.1, 0.15) is 21.7 Å². The van der Waals surface area contributed by atoms with Crippen LogP contribution in [0.2, 0.25) is 5.02 Å². The first-order valence-corrected chi connectivity index (χ1v) is 8.68.